The molecule has 0 heterocycles. The van der Waals surface area contributed by atoms with E-state index in [0.717, 1.165) is 18.2 Å². The van der Waals surface area contributed by atoms with Gasteiger partial charge in [-0.2, -0.15) is 0 Å². The summed E-state index contributed by atoms with van der Waals surface area (Å²) >= 11 is 0. The van der Waals surface area contributed by atoms with E-state index in [1.165, 1.54) is 11.9 Å². The highest BCUT2D eigenvalue weighted by molar-refractivity contribution is 5.94. The van der Waals surface area contributed by atoms with E-state index in [4.69, 9.17) is 10.9 Å². The van der Waals surface area contributed by atoms with Gasteiger partial charge in [-0.1, -0.05) is 12.1 Å². The van der Waals surface area contributed by atoms with Crippen LogP contribution in [0.5, 0.6) is 0 Å². The lowest BCUT2D eigenvalue weighted by Gasteiger charge is -2.21. The second-order valence-electron chi connectivity index (χ2n) is 4.24. The molecule has 1 atom stereocenters. The average Bonchev–Trinajstić information content (AvgIpc) is 2.39. The highest BCUT2D eigenvalue weighted by atomic mass is 19.1. The van der Waals surface area contributed by atoms with E-state index in [1.807, 2.05) is 0 Å². The molecule has 0 radical (unpaired) electrons. The summed E-state index contributed by atoms with van der Waals surface area (Å²) in [4.78, 5) is 13.1. The Morgan fingerprint density at radius 1 is 1.53 bits per heavy atom. The summed E-state index contributed by atoms with van der Waals surface area (Å²) in [6.45, 7) is 1.76. The number of amides is 1. The van der Waals surface area contributed by atoms with Crippen molar-refractivity contribution in [1.82, 2.24) is 4.90 Å². The van der Waals surface area contributed by atoms with Gasteiger partial charge < -0.3 is 15.8 Å². The van der Waals surface area contributed by atoms with Crippen molar-refractivity contribution in [3.8, 4) is 0 Å². The van der Waals surface area contributed by atoms with Crippen molar-refractivity contribution in [3.05, 3.63) is 35.4 Å². The van der Waals surface area contributed by atoms with Gasteiger partial charge in [0.05, 0.1) is 5.56 Å². The Bertz CT molecular complexity index is 506. The summed E-state index contributed by atoms with van der Waals surface area (Å²) in [6.07, 6.45) is 0. The Kier molecular flexibility index (Phi) is 4.80. The Labute approximate surface area is 109 Å². The molecule has 7 heteroatoms. The fourth-order valence-electron chi connectivity index (χ4n) is 1.55. The van der Waals surface area contributed by atoms with Crippen LogP contribution in [0.1, 0.15) is 17.3 Å². The molecule has 0 fully saturated rings. The Morgan fingerprint density at radius 3 is 2.74 bits per heavy atom. The molecule has 1 amide bonds. The molecular formula is C12H15F2N3O2. The summed E-state index contributed by atoms with van der Waals surface area (Å²) in [5, 5.41) is 11.3. The molecule has 0 aliphatic carbocycles. The molecule has 0 bridgehead atoms. The van der Waals surface area contributed by atoms with Crippen molar-refractivity contribution in [2.45, 2.75) is 6.92 Å². The molecule has 1 unspecified atom stereocenters. The number of hydrogen-bond acceptors (Lipinski definition) is 3. The molecule has 1 rings (SSSR count). The van der Waals surface area contributed by atoms with Crippen LogP contribution in [0.3, 0.4) is 0 Å². The molecular weight excluding hydrogens is 256 g/mol. The zero-order valence-electron chi connectivity index (χ0n) is 10.6. The molecule has 0 spiro atoms. The first-order valence-electron chi connectivity index (χ1n) is 5.54. The molecule has 0 saturated carbocycles. The van der Waals surface area contributed by atoms with Crippen molar-refractivity contribution in [3.63, 3.8) is 0 Å². The lowest BCUT2D eigenvalue weighted by molar-refractivity contribution is 0.0781. The molecule has 19 heavy (non-hydrogen) atoms. The van der Waals surface area contributed by atoms with Crippen molar-refractivity contribution >= 4 is 11.7 Å². The van der Waals surface area contributed by atoms with Gasteiger partial charge >= 0.3 is 0 Å². The third-order valence-electron chi connectivity index (χ3n) is 2.67. The van der Waals surface area contributed by atoms with Crippen LogP contribution in [0.25, 0.3) is 0 Å². The number of hydrogen-bond donors (Lipinski definition) is 2. The van der Waals surface area contributed by atoms with Crippen molar-refractivity contribution < 1.29 is 18.8 Å². The molecule has 0 saturated heterocycles. The van der Waals surface area contributed by atoms with E-state index in [1.54, 1.807) is 6.92 Å². The SMILES string of the molecule is CC(CN(C)C(=O)c1cc(F)ccc1F)/C(N)=N/O. The smallest absolute Gasteiger partial charge is 0.256 e. The summed E-state index contributed by atoms with van der Waals surface area (Å²) in [6, 6.07) is 2.66. The van der Waals surface area contributed by atoms with Gasteiger partial charge in [0.25, 0.3) is 5.91 Å². The van der Waals surface area contributed by atoms with Crippen molar-refractivity contribution in [1.29, 1.82) is 0 Å². The first-order chi connectivity index (χ1) is 8.86. The topological polar surface area (TPSA) is 78.9 Å². The minimum absolute atomic E-state index is 0.0423. The van der Waals surface area contributed by atoms with Crippen molar-refractivity contribution in [2.75, 3.05) is 13.6 Å². The van der Waals surface area contributed by atoms with Crippen LogP contribution in [0, 0.1) is 17.6 Å². The minimum Gasteiger partial charge on any atom is -0.409 e. The lowest BCUT2D eigenvalue weighted by Crippen LogP contribution is -2.36. The van der Waals surface area contributed by atoms with Gasteiger partial charge in [-0.15, -0.1) is 0 Å². The van der Waals surface area contributed by atoms with E-state index < -0.39 is 23.5 Å². The molecule has 0 aliphatic heterocycles. The Hall–Kier alpha value is -2.18. The molecule has 5 nitrogen and oxygen atoms in total. The standard InChI is InChI=1S/C12H15F2N3O2/c1-7(11(15)16-19)6-17(2)12(18)9-5-8(13)3-4-10(9)14/h3-5,7,19H,6H2,1-2H3,(H2,15,16). The largest absolute Gasteiger partial charge is 0.409 e. The molecule has 0 aromatic heterocycles. The maximum absolute atomic E-state index is 13.4. The van der Waals surface area contributed by atoms with E-state index in [0.29, 0.717) is 0 Å². The van der Waals surface area contributed by atoms with Gasteiger partial charge in [-0.05, 0) is 18.2 Å². The number of benzene rings is 1. The summed E-state index contributed by atoms with van der Waals surface area (Å²) in [5.74, 6) is -2.61. The number of carbonyl (C=O) groups is 1. The molecule has 1 aromatic rings. The van der Waals surface area contributed by atoms with E-state index in [-0.39, 0.29) is 17.9 Å². The zero-order valence-corrected chi connectivity index (χ0v) is 10.6. The van der Waals surface area contributed by atoms with Gasteiger partial charge in [0.2, 0.25) is 0 Å². The molecule has 0 aliphatic rings. The third-order valence-corrected chi connectivity index (χ3v) is 2.67. The van der Waals surface area contributed by atoms with E-state index in [9.17, 15) is 13.6 Å². The Balaban J connectivity index is 2.85. The molecule has 3 N–H and O–H groups in total. The summed E-state index contributed by atoms with van der Waals surface area (Å²) < 4.78 is 26.4. The van der Waals surface area contributed by atoms with Gasteiger partial charge in [0.15, 0.2) is 0 Å². The second-order valence-corrected chi connectivity index (χ2v) is 4.24. The van der Waals surface area contributed by atoms with E-state index in [2.05, 4.69) is 5.16 Å². The van der Waals surface area contributed by atoms with Crippen LogP contribution in [-0.4, -0.2) is 35.4 Å². The van der Waals surface area contributed by atoms with Crippen molar-refractivity contribution in [2.24, 2.45) is 16.8 Å². The number of nitrogens with zero attached hydrogens (tertiary/aromatic N) is 2. The maximum atomic E-state index is 13.4. The van der Waals surface area contributed by atoms with Crippen LogP contribution in [0.15, 0.2) is 23.4 Å². The maximum Gasteiger partial charge on any atom is 0.256 e. The van der Waals surface area contributed by atoms with Gasteiger partial charge in [0.1, 0.15) is 17.5 Å². The monoisotopic (exact) mass is 271 g/mol. The predicted octanol–water partition coefficient (Wildman–Crippen LogP) is 1.42. The normalized spacial score (nSPS) is 13.2. The average molecular weight is 271 g/mol. The fourth-order valence-corrected chi connectivity index (χ4v) is 1.55. The minimum atomic E-state index is -0.797. The lowest BCUT2D eigenvalue weighted by atomic mass is 10.1. The van der Waals surface area contributed by atoms with Crippen LogP contribution < -0.4 is 5.73 Å². The second kappa shape index (κ2) is 6.12. The number of halogens is 2. The highest BCUT2D eigenvalue weighted by Crippen LogP contribution is 2.12. The predicted molar refractivity (Wildman–Crippen MR) is 65.9 cm³/mol. The first kappa shape index (κ1) is 14.9. The number of nitrogens with two attached hydrogens (primary N) is 1. The van der Waals surface area contributed by atoms with Crippen LogP contribution in [-0.2, 0) is 0 Å². The van der Waals surface area contributed by atoms with Crippen LogP contribution >= 0.6 is 0 Å². The van der Waals surface area contributed by atoms with Gasteiger partial charge in [0, 0.05) is 19.5 Å². The van der Waals surface area contributed by atoms with Gasteiger partial charge in [-0.3, -0.25) is 4.79 Å². The fraction of sp³-hybridized carbons (Fsp3) is 0.333. The zero-order chi connectivity index (χ0) is 14.6. The molecule has 1 aromatic carbocycles. The third kappa shape index (κ3) is 3.64. The molecule has 104 valence electrons. The number of amidine groups is 1. The Morgan fingerprint density at radius 2 is 2.16 bits per heavy atom. The quantitative estimate of drug-likeness (QED) is 0.376. The summed E-state index contributed by atoms with van der Waals surface area (Å²) in [5.41, 5.74) is 5.03. The van der Waals surface area contributed by atoms with Gasteiger partial charge in [-0.25, -0.2) is 8.78 Å². The number of oxime groups is 1. The first-order valence-corrected chi connectivity index (χ1v) is 5.54. The highest BCUT2D eigenvalue weighted by Gasteiger charge is 2.20. The summed E-state index contributed by atoms with van der Waals surface area (Å²) in [7, 11) is 1.42. The number of carbonyl (C=O) groups excluding carboxylic acids is 1. The van der Waals surface area contributed by atoms with E-state index >= 15 is 0 Å². The van der Waals surface area contributed by atoms with Crippen LogP contribution in [0.4, 0.5) is 8.78 Å². The number of rotatable bonds is 4. The van der Waals surface area contributed by atoms with Crippen LogP contribution in [0.2, 0.25) is 0 Å².